The van der Waals surface area contributed by atoms with E-state index in [1.54, 1.807) is 24.3 Å². The van der Waals surface area contributed by atoms with Gasteiger partial charge in [-0.25, -0.2) is 0 Å². The smallest absolute Gasteiger partial charge is 0.398 e. The minimum Gasteiger partial charge on any atom is -0.497 e. The molecular weight excluding hydrogens is 321 g/mol. The monoisotopic (exact) mass is 336 g/mol. The molecule has 1 atom stereocenters. The van der Waals surface area contributed by atoms with Crippen LogP contribution in [0.1, 0.15) is 33.2 Å². The van der Waals surface area contributed by atoms with Gasteiger partial charge in [0.25, 0.3) is 0 Å². The van der Waals surface area contributed by atoms with Crippen LogP contribution in [-0.2, 0) is 0 Å². The molecule has 6 heteroatoms. The van der Waals surface area contributed by atoms with E-state index in [0.29, 0.717) is 11.3 Å². The number of carbonyl (C=O) groups excluding carboxylic acids is 2. The number of Topliss-reactive ketones (excluding diaryl/α,β-unsaturated/α-hetero) is 1. The molecule has 126 valence electrons. The van der Waals surface area contributed by atoms with E-state index in [2.05, 4.69) is 0 Å². The Hall–Kier alpha value is -2.63. The molecule has 0 heterocycles. The fourth-order valence-corrected chi connectivity index (χ4v) is 2.09. The number of ether oxygens (including phenoxy) is 1. The van der Waals surface area contributed by atoms with Crippen LogP contribution in [0.3, 0.4) is 0 Å². The molecule has 2 aromatic carbocycles. The number of alkyl halides is 3. The van der Waals surface area contributed by atoms with Crippen LogP contribution in [0, 0.1) is 5.92 Å². The third-order valence-electron chi connectivity index (χ3n) is 3.67. The number of carbonyl (C=O) groups is 2. The highest BCUT2D eigenvalue weighted by Gasteiger charge is 2.41. The van der Waals surface area contributed by atoms with Gasteiger partial charge in [0.2, 0.25) is 0 Å². The lowest BCUT2D eigenvalue weighted by Crippen LogP contribution is -2.28. The van der Waals surface area contributed by atoms with Crippen molar-refractivity contribution in [2.45, 2.75) is 13.1 Å². The maximum Gasteiger partial charge on any atom is 0.398 e. The van der Waals surface area contributed by atoms with Gasteiger partial charge in [0.05, 0.1) is 7.11 Å². The molecule has 0 fully saturated rings. The molecule has 0 spiro atoms. The van der Waals surface area contributed by atoms with Crippen LogP contribution in [0.25, 0.3) is 0 Å². The van der Waals surface area contributed by atoms with Crippen molar-refractivity contribution < 1.29 is 27.5 Å². The lowest BCUT2D eigenvalue weighted by atomic mass is 9.96. The number of hydrogen-bond donors (Lipinski definition) is 0. The summed E-state index contributed by atoms with van der Waals surface area (Å²) in [5.74, 6) is -2.79. The molecule has 0 bridgehead atoms. The quantitative estimate of drug-likeness (QED) is 0.764. The molecule has 0 radical (unpaired) electrons. The second kappa shape index (κ2) is 6.86. The lowest BCUT2D eigenvalue weighted by Gasteiger charge is -2.14. The standard InChI is InChI=1S/C18H15F3O3/c1-11(18(19,20)21)16(22)12-3-5-13(6-4-12)17(23)14-7-9-15(24-2)10-8-14/h3-11H,1-2H3. The molecule has 0 aromatic heterocycles. The first kappa shape index (κ1) is 17.7. The first-order chi connectivity index (χ1) is 11.2. The third-order valence-corrected chi connectivity index (χ3v) is 3.67. The van der Waals surface area contributed by atoms with Crippen LogP contribution in [0.15, 0.2) is 48.5 Å². The molecule has 0 aliphatic rings. The zero-order valence-corrected chi connectivity index (χ0v) is 13.1. The van der Waals surface area contributed by atoms with E-state index in [1.165, 1.54) is 31.4 Å². The van der Waals surface area contributed by atoms with Gasteiger partial charge in [0.1, 0.15) is 11.7 Å². The van der Waals surface area contributed by atoms with Gasteiger partial charge in [-0.2, -0.15) is 13.2 Å². The molecule has 0 N–H and O–H groups in total. The number of ketones is 2. The molecule has 0 amide bonds. The zero-order valence-electron chi connectivity index (χ0n) is 13.1. The van der Waals surface area contributed by atoms with E-state index in [-0.39, 0.29) is 16.9 Å². The van der Waals surface area contributed by atoms with Gasteiger partial charge in [0, 0.05) is 16.7 Å². The number of benzene rings is 2. The summed E-state index contributed by atoms with van der Waals surface area (Å²) in [4.78, 5) is 24.1. The largest absolute Gasteiger partial charge is 0.497 e. The van der Waals surface area contributed by atoms with Crippen molar-refractivity contribution in [3.63, 3.8) is 0 Å². The Morgan fingerprint density at radius 3 is 1.71 bits per heavy atom. The van der Waals surface area contributed by atoms with E-state index in [4.69, 9.17) is 4.74 Å². The van der Waals surface area contributed by atoms with E-state index in [1.807, 2.05) is 0 Å². The van der Waals surface area contributed by atoms with Gasteiger partial charge in [-0.1, -0.05) is 24.3 Å². The highest BCUT2D eigenvalue weighted by molar-refractivity contribution is 6.09. The maximum atomic E-state index is 12.6. The minimum atomic E-state index is -4.59. The molecular formula is C18H15F3O3. The summed E-state index contributed by atoms with van der Waals surface area (Å²) in [5.41, 5.74) is 0.626. The predicted octanol–water partition coefficient (Wildman–Crippen LogP) is 4.31. The van der Waals surface area contributed by atoms with Gasteiger partial charge in [0.15, 0.2) is 11.6 Å². The van der Waals surface area contributed by atoms with Crippen molar-refractivity contribution in [1.29, 1.82) is 0 Å². The molecule has 2 rings (SSSR count). The minimum absolute atomic E-state index is 0.0777. The highest BCUT2D eigenvalue weighted by Crippen LogP contribution is 2.28. The van der Waals surface area contributed by atoms with Gasteiger partial charge >= 0.3 is 6.18 Å². The zero-order chi connectivity index (χ0) is 17.9. The number of rotatable bonds is 5. The first-order valence-electron chi connectivity index (χ1n) is 7.14. The van der Waals surface area contributed by atoms with Gasteiger partial charge in [-0.3, -0.25) is 9.59 Å². The Labute approximate surface area is 137 Å². The van der Waals surface area contributed by atoms with Gasteiger partial charge in [-0.15, -0.1) is 0 Å². The fourth-order valence-electron chi connectivity index (χ4n) is 2.09. The van der Waals surface area contributed by atoms with E-state index in [0.717, 1.165) is 6.92 Å². The number of hydrogen-bond acceptors (Lipinski definition) is 3. The first-order valence-corrected chi connectivity index (χ1v) is 7.14. The van der Waals surface area contributed by atoms with Crippen molar-refractivity contribution in [2.24, 2.45) is 5.92 Å². The third kappa shape index (κ3) is 3.82. The Morgan fingerprint density at radius 1 is 0.875 bits per heavy atom. The fraction of sp³-hybridized carbons (Fsp3) is 0.222. The van der Waals surface area contributed by atoms with Crippen LogP contribution in [0.4, 0.5) is 13.2 Å². The van der Waals surface area contributed by atoms with E-state index in [9.17, 15) is 22.8 Å². The van der Waals surface area contributed by atoms with Gasteiger partial charge in [-0.05, 0) is 31.2 Å². The molecule has 2 aromatic rings. The van der Waals surface area contributed by atoms with E-state index < -0.39 is 17.9 Å². The topological polar surface area (TPSA) is 43.4 Å². The summed E-state index contributed by atoms with van der Waals surface area (Å²) in [6.45, 7) is 0.818. The van der Waals surface area contributed by atoms with Crippen LogP contribution in [-0.4, -0.2) is 24.9 Å². The Morgan fingerprint density at radius 2 is 1.29 bits per heavy atom. The maximum absolute atomic E-state index is 12.6. The lowest BCUT2D eigenvalue weighted by molar-refractivity contribution is -0.155. The average Bonchev–Trinajstić information content (AvgIpc) is 2.59. The summed E-state index contributed by atoms with van der Waals surface area (Å²) >= 11 is 0. The molecule has 24 heavy (non-hydrogen) atoms. The van der Waals surface area contributed by atoms with Crippen LogP contribution < -0.4 is 4.74 Å². The van der Waals surface area contributed by atoms with Crippen molar-refractivity contribution >= 4 is 11.6 Å². The van der Waals surface area contributed by atoms with Crippen molar-refractivity contribution in [1.82, 2.24) is 0 Å². The SMILES string of the molecule is COc1ccc(C(=O)c2ccc(C(=O)C(C)C(F)(F)F)cc2)cc1. The molecule has 0 aliphatic carbocycles. The predicted molar refractivity (Wildman–Crippen MR) is 82.4 cm³/mol. The average molecular weight is 336 g/mol. The van der Waals surface area contributed by atoms with Crippen LogP contribution in [0.5, 0.6) is 5.75 Å². The number of halogens is 3. The molecule has 0 saturated heterocycles. The van der Waals surface area contributed by atoms with Crippen molar-refractivity contribution in [2.75, 3.05) is 7.11 Å². The van der Waals surface area contributed by atoms with Crippen molar-refractivity contribution in [3.05, 3.63) is 65.2 Å². The summed E-state index contributed by atoms with van der Waals surface area (Å²) in [5, 5.41) is 0. The molecule has 3 nitrogen and oxygen atoms in total. The summed E-state index contributed by atoms with van der Waals surface area (Å²) in [7, 11) is 1.51. The molecule has 0 saturated carbocycles. The van der Waals surface area contributed by atoms with Crippen LogP contribution in [0.2, 0.25) is 0 Å². The molecule has 0 aliphatic heterocycles. The summed E-state index contributed by atoms with van der Waals surface area (Å²) in [6, 6.07) is 11.6. The van der Waals surface area contributed by atoms with E-state index >= 15 is 0 Å². The highest BCUT2D eigenvalue weighted by atomic mass is 19.4. The Bertz CT molecular complexity index is 732. The summed E-state index contributed by atoms with van der Waals surface area (Å²) in [6.07, 6.45) is -4.59. The second-order valence-corrected chi connectivity index (χ2v) is 5.26. The Kier molecular flexibility index (Phi) is 5.07. The number of methoxy groups -OCH3 is 1. The normalized spacial score (nSPS) is 12.5. The summed E-state index contributed by atoms with van der Waals surface area (Å²) < 4.78 is 42.8. The second-order valence-electron chi connectivity index (χ2n) is 5.26. The van der Waals surface area contributed by atoms with Gasteiger partial charge < -0.3 is 4.74 Å². The Balaban J connectivity index is 2.19. The van der Waals surface area contributed by atoms with Crippen LogP contribution >= 0.6 is 0 Å². The van der Waals surface area contributed by atoms with Crippen molar-refractivity contribution in [3.8, 4) is 5.75 Å². The molecule has 1 unspecified atom stereocenters.